The van der Waals surface area contributed by atoms with Crippen LogP contribution in [-0.2, 0) is 4.79 Å². The average Bonchev–Trinajstić information content (AvgIpc) is 2.71. The third kappa shape index (κ3) is 5.15. The van der Waals surface area contributed by atoms with Gasteiger partial charge < -0.3 is 15.8 Å². The molecule has 8 heteroatoms. The van der Waals surface area contributed by atoms with E-state index in [1.165, 1.54) is 37.4 Å². The van der Waals surface area contributed by atoms with E-state index in [2.05, 4.69) is 5.32 Å². The third-order valence-electron chi connectivity index (χ3n) is 4.71. The van der Waals surface area contributed by atoms with Crippen LogP contribution in [0.4, 0.5) is 4.39 Å². The Morgan fingerprint density at radius 2 is 2.03 bits per heavy atom. The lowest BCUT2D eigenvalue weighted by Crippen LogP contribution is -2.34. The molecule has 3 N–H and O–H groups in total. The molecule has 0 aromatic heterocycles. The largest absolute Gasteiger partial charge is 0.495 e. The van der Waals surface area contributed by atoms with Crippen LogP contribution in [0.5, 0.6) is 5.75 Å². The van der Waals surface area contributed by atoms with E-state index < -0.39 is 23.5 Å². The van der Waals surface area contributed by atoms with Gasteiger partial charge in [0.25, 0.3) is 0 Å². The number of nitrogens with zero attached hydrogens (tertiary/aromatic N) is 1. The number of carbonyl (C=O) groups excluding carboxylic acids is 2. The van der Waals surface area contributed by atoms with Crippen molar-refractivity contribution in [3.63, 3.8) is 0 Å². The second-order valence-corrected chi connectivity index (χ2v) is 7.29. The van der Waals surface area contributed by atoms with E-state index in [4.69, 9.17) is 27.3 Å². The van der Waals surface area contributed by atoms with Crippen LogP contribution in [-0.4, -0.2) is 24.8 Å². The number of primary amides is 1. The average molecular weight is 432 g/mol. The second-order valence-electron chi connectivity index (χ2n) is 6.88. The summed E-state index contributed by atoms with van der Waals surface area (Å²) in [6.07, 6.45) is 0.614. The molecule has 0 saturated carbocycles. The second kappa shape index (κ2) is 10.2. The van der Waals surface area contributed by atoms with Crippen molar-refractivity contribution < 1.29 is 18.7 Å². The number of hydrogen-bond acceptors (Lipinski definition) is 5. The number of rotatable bonds is 9. The van der Waals surface area contributed by atoms with Gasteiger partial charge in [0.2, 0.25) is 5.91 Å². The fraction of sp³-hybridized carbons (Fsp3) is 0.318. The highest BCUT2D eigenvalue weighted by Gasteiger charge is 2.25. The highest BCUT2D eigenvalue weighted by Crippen LogP contribution is 2.31. The molecule has 0 aliphatic rings. The van der Waals surface area contributed by atoms with Gasteiger partial charge in [0.1, 0.15) is 17.6 Å². The van der Waals surface area contributed by atoms with Crippen molar-refractivity contribution in [3.05, 3.63) is 63.4 Å². The standard InChI is InChI=1S/C22H23ClFN3O3/c1-4-17(27-12(2)9-19(26)28)15-7-8-16(23)20(21(15)24)22(29)13-5-6-14(11-25)18(10-13)30-3/h5-8,10,12,17,27H,4,9H2,1-3H3,(H2,26,28)/t12-,17+/m0/s1. The van der Waals surface area contributed by atoms with Crippen molar-refractivity contribution in [1.82, 2.24) is 5.32 Å². The van der Waals surface area contributed by atoms with Crippen LogP contribution in [0.3, 0.4) is 0 Å². The Morgan fingerprint density at radius 1 is 1.33 bits per heavy atom. The van der Waals surface area contributed by atoms with Crippen LogP contribution in [0.25, 0.3) is 0 Å². The topological polar surface area (TPSA) is 105 Å². The highest BCUT2D eigenvalue weighted by atomic mass is 35.5. The van der Waals surface area contributed by atoms with Crippen molar-refractivity contribution in [2.75, 3.05) is 7.11 Å². The fourth-order valence-corrected chi connectivity index (χ4v) is 3.48. The zero-order valence-corrected chi connectivity index (χ0v) is 17.7. The molecule has 0 unspecified atom stereocenters. The molecule has 2 aromatic rings. The maximum absolute atomic E-state index is 15.4. The molecule has 1 amide bonds. The van der Waals surface area contributed by atoms with E-state index in [9.17, 15) is 9.59 Å². The molecule has 0 radical (unpaired) electrons. The molecule has 0 aliphatic heterocycles. The number of ether oxygens (including phenoxy) is 1. The molecule has 0 saturated heterocycles. The first-order valence-corrected chi connectivity index (χ1v) is 9.76. The Bertz CT molecular complexity index is 1000. The van der Waals surface area contributed by atoms with E-state index in [1.807, 2.05) is 13.0 Å². The van der Waals surface area contributed by atoms with Crippen LogP contribution >= 0.6 is 11.6 Å². The monoisotopic (exact) mass is 431 g/mol. The number of methoxy groups -OCH3 is 1. The number of nitrogens with one attached hydrogen (secondary N) is 1. The zero-order valence-electron chi connectivity index (χ0n) is 17.0. The summed E-state index contributed by atoms with van der Waals surface area (Å²) in [7, 11) is 1.38. The van der Waals surface area contributed by atoms with Crippen molar-refractivity contribution >= 4 is 23.3 Å². The highest BCUT2D eigenvalue weighted by molar-refractivity contribution is 6.35. The van der Waals surface area contributed by atoms with E-state index in [1.54, 1.807) is 6.92 Å². The Kier molecular flexibility index (Phi) is 7.93. The molecule has 2 aromatic carbocycles. The lowest BCUT2D eigenvalue weighted by molar-refractivity contribution is -0.118. The first kappa shape index (κ1) is 23.3. The number of amides is 1. The number of hydrogen-bond donors (Lipinski definition) is 2. The smallest absolute Gasteiger partial charge is 0.218 e. The van der Waals surface area contributed by atoms with Gasteiger partial charge in [-0.2, -0.15) is 5.26 Å². The number of benzene rings is 2. The van der Waals surface area contributed by atoms with Gasteiger partial charge in [-0.05, 0) is 37.6 Å². The Balaban J connectivity index is 2.46. The van der Waals surface area contributed by atoms with Gasteiger partial charge in [-0.15, -0.1) is 0 Å². The predicted octanol–water partition coefficient (Wildman–Crippen LogP) is 3.89. The fourth-order valence-electron chi connectivity index (χ4n) is 3.25. The van der Waals surface area contributed by atoms with E-state index in [-0.39, 0.29) is 45.5 Å². The third-order valence-corrected chi connectivity index (χ3v) is 5.02. The maximum atomic E-state index is 15.4. The zero-order chi connectivity index (χ0) is 22.4. The quantitative estimate of drug-likeness (QED) is 0.586. The molecule has 0 bridgehead atoms. The van der Waals surface area contributed by atoms with Crippen LogP contribution in [0.1, 0.15) is 59.8 Å². The first-order chi connectivity index (χ1) is 14.2. The van der Waals surface area contributed by atoms with Crippen molar-refractivity contribution in [2.45, 2.75) is 38.8 Å². The van der Waals surface area contributed by atoms with Gasteiger partial charge in [-0.1, -0.05) is 24.6 Å². The normalized spacial score (nSPS) is 12.7. The molecular weight excluding hydrogens is 409 g/mol. The van der Waals surface area contributed by atoms with Gasteiger partial charge in [0.05, 0.1) is 23.3 Å². The molecule has 30 heavy (non-hydrogen) atoms. The van der Waals surface area contributed by atoms with Gasteiger partial charge in [0.15, 0.2) is 5.78 Å². The van der Waals surface area contributed by atoms with Gasteiger partial charge >= 0.3 is 0 Å². The van der Waals surface area contributed by atoms with Crippen LogP contribution in [0.15, 0.2) is 30.3 Å². The summed E-state index contributed by atoms with van der Waals surface area (Å²) in [5, 5.41) is 12.2. The molecular formula is C22H23ClFN3O3. The van der Waals surface area contributed by atoms with Crippen molar-refractivity contribution in [2.24, 2.45) is 5.73 Å². The minimum atomic E-state index is -0.735. The summed E-state index contributed by atoms with van der Waals surface area (Å²) < 4.78 is 20.6. The minimum absolute atomic E-state index is 0.0235. The molecule has 0 aliphatic carbocycles. The van der Waals surface area contributed by atoms with Gasteiger partial charge in [-0.25, -0.2) is 4.39 Å². The first-order valence-electron chi connectivity index (χ1n) is 9.38. The number of carbonyl (C=O) groups is 2. The summed E-state index contributed by atoms with van der Waals surface area (Å²) in [4.78, 5) is 24.2. The number of ketones is 1. The van der Waals surface area contributed by atoms with Gasteiger partial charge in [-0.3, -0.25) is 9.59 Å². The van der Waals surface area contributed by atoms with E-state index in [0.29, 0.717) is 6.42 Å². The predicted molar refractivity (Wildman–Crippen MR) is 112 cm³/mol. The SMILES string of the molecule is CC[C@@H](N[C@@H](C)CC(N)=O)c1ccc(Cl)c(C(=O)c2ccc(C#N)c(OC)c2)c1F. The van der Waals surface area contributed by atoms with Crippen LogP contribution in [0, 0.1) is 17.1 Å². The molecule has 6 nitrogen and oxygen atoms in total. The summed E-state index contributed by atoms with van der Waals surface area (Å²) >= 11 is 6.17. The molecule has 0 spiro atoms. The molecule has 2 rings (SSSR count). The summed E-state index contributed by atoms with van der Waals surface area (Å²) in [6, 6.07) is 8.47. The van der Waals surface area contributed by atoms with Crippen molar-refractivity contribution in [3.8, 4) is 11.8 Å². The number of halogens is 2. The summed E-state index contributed by atoms with van der Waals surface area (Å²) in [5.41, 5.74) is 5.63. The number of nitriles is 1. The molecule has 158 valence electrons. The molecule has 0 fully saturated rings. The van der Waals surface area contributed by atoms with Gasteiger partial charge in [0, 0.05) is 29.6 Å². The Hall–Kier alpha value is -2.95. The van der Waals surface area contributed by atoms with Crippen LogP contribution < -0.4 is 15.8 Å². The molecule has 2 atom stereocenters. The Morgan fingerprint density at radius 3 is 2.60 bits per heavy atom. The van der Waals surface area contributed by atoms with Crippen LogP contribution in [0.2, 0.25) is 5.02 Å². The van der Waals surface area contributed by atoms with E-state index >= 15 is 4.39 Å². The maximum Gasteiger partial charge on any atom is 0.218 e. The lowest BCUT2D eigenvalue weighted by Gasteiger charge is -2.23. The minimum Gasteiger partial charge on any atom is -0.495 e. The Labute approximate surface area is 179 Å². The lowest BCUT2D eigenvalue weighted by atomic mass is 9.95. The summed E-state index contributed by atoms with van der Waals surface area (Å²) in [6.45, 7) is 3.63. The van der Waals surface area contributed by atoms with Crippen molar-refractivity contribution in [1.29, 1.82) is 5.26 Å². The molecule has 0 heterocycles. The van der Waals surface area contributed by atoms with E-state index in [0.717, 1.165) is 0 Å². The summed E-state index contributed by atoms with van der Waals surface area (Å²) in [5.74, 6) is -1.61. The number of nitrogens with two attached hydrogens (primary N) is 1.